The zero-order chi connectivity index (χ0) is 16.2. The third-order valence-electron chi connectivity index (χ3n) is 3.56. The van der Waals surface area contributed by atoms with E-state index in [0.717, 1.165) is 16.3 Å². The molecule has 3 aromatic heterocycles. The number of rotatable bonds is 6. The summed E-state index contributed by atoms with van der Waals surface area (Å²) in [7, 11) is 1.90. The van der Waals surface area contributed by atoms with Gasteiger partial charge in [-0.3, -0.25) is 14.1 Å². The minimum absolute atomic E-state index is 0.00206. The van der Waals surface area contributed by atoms with Crippen LogP contribution >= 0.6 is 11.3 Å². The number of nitrogens with one attached hydrogen (secondary N) is 1. The van der Waals surface area contributed by atoms with Gasteiger partial charge in [0.2, 0.25) is 5.91 Å². The van der Waals surface area contributed by atoms with E-state index in [0.29, 0.717) is 13.1 Å². The van der Waals surface area contributed by atoms with Gasteiger partial charge in [0.1, 0.15) is 0 Å². The lowest BCUT2D eigenvalue weighted by Crippen LogP contribution is -2.36. The Labute approximate surface area is 138 Å². The Morgan fingerprint density at radius 3 is 3.00 bits per heavy atom. The molecule has 3 rings (SSSR count). The topological polar surface area (TPSA) is 62.5 Å². The van der Waals surface area contributed by atoms with Crippen molar-refractivity contribution in [3.05, 3.63) is 52.6 Å². The number of pyridine rings is 1. The molecule has 120 valence electrons. The Balaban J connectivity index is 1.56. The predicted molar refractivity (Wildman–Crippen MR) is 90.2 cm³/mol. The molecule has 3 aromatic rings. The van der Waals surface area contributed by atoms with Crippen LogP contribution in [0.1, 0.15) is 23.7 Å². The molecule has 0 spiro atoms. The van der Waals surface area contributed by atoms with Gasteiger partial charge in [0.15, 0.2) is 11.5 Å². The van der Waals surface area contributed by atoms with E-state index >= 15 is 0 Å². The molecule has 1 N–H and O–H groups in total. The van der Waals surface area contributed by atoms with Gasteiger partial charge in [-0.1, -0.05) is 12.1 Å². The van der Waals surface area contributed by atoms with Crippen LogP contribution in [0.25, 0.3) is 5.65 Å². The van der Waals surface area contributed by atoms with E-state index in [1.54, 1.807) is 11.3 Å². The van der Waals surface area contributed by atoms with Crippen LogP contribution in [0.3, 0.4) is 0 Å². The molecule has 0 saturated heterocycles. The number of likely N-dealkylation sites (N-methyl/N-ethyl adjacent to an activating group) is 1. The first-order chi connectivity index (χ1) is 11.1. The summed E-state index contributed by atoms with van der Waals surface area (Å²) in [4.78, 5) is 15.2. The lowest BCUT2D eigenvalue weighted by Gasteiger charge is -2.17. The molecule has 0 bridgehead atoms. The minimum atomic E-state index is 0.00206. The van der Waals surface area contributed by atoms with Gasteiger partial charge >= 0.3 is 0 Å². The average molecular weight is 329 g/mol. The van der Waals surface area contributed by atoms with Gasteiger partial charge < -0.3 is 5.32 Å². The van der Waals surface area contributed by atoms with Gasteiger partial charge in [-0.25, -0.2) is 0 Å². The second kappa shape index (κ2) is 6.89. The first-order valence-electron chi connectivity index (χ1n) is 7.43. The lowest BCUT2D eigenvalue weighted by atomic mass is 10.2. The number of carbonyl (C=O) groups is 1. The normalized spacial score (nSPS) is 12.7. The molecule has 3 heterocycles. The average Bonchev–Trinajstić information content (AvgIpc) is 3.17. The van der Waals surface area contributed by atoms with Crippen molar-refractivity contribution in [2.45, 2.75) is 19.5 Å². The quantitative estimate of drug-likeness (QED) is 0.752. The summed E-state index contributed by atoms with van der Waals surface area (Å²) in [5.41, 5.74) is 0.812. The monoisotopic (exact) mass is 329 g/mol. The Morgan fingerprint density at radius 2 is 2.22 bits per heavy atom. The van der Waals surface area contributed by atoms with Crippen molar-refractivity contribution < 1.29 is 4.79 Å². The van der Waals surface area contributed by atoms with Crippen molar-refractivity contribution in [3.8, 4) is 0 Å². The fourth-order valence-electron chi connectivity index (χ4n) is 2.44. The largest absolute Gasteiger partial charge is 0.348 e. The molecule has 1 unspecified atom stereocenters. The van der Waals surface area contributed by atoms with Crippen LogP contribution in [0.4, 0.5) is 0 Å². The molecule has 0 fully saturated rings. The van der Waals surface area contributed by atoms with Crippen molar-refractivity contribution in [2.75, 3.05) is 13.6 Å². The van der Waals surface area contributed by atoms with E-state index < -0.39 is 0 Å². The zero-order valence-corrected chi connectivity index (χ0v) is 14.0. The number of hydrogen-bond acceptors (Lipinski definition) is 5. The van der Waals surface area contributed by atoms with Crippen LogP contribution in [0.2, 0.25) is 0 Å². The number of aromatic nitrogens is 3. The maximum Gasteiger partial charge on any atom is 0.234 e. The molecule has 0 saturated carbocycles. The smallest absolute Gasteiger partial charge is 0.234 e. The maximum atomic E-state index is 12.2. The van der Waals surface area contributed by atoms with Crippen molar-refractivity contribution in [1.29, 1.82) is 0 Å². The van der Waals surface area contributed by atoms with Gasteiger partial charge in [0, 0.05) is 11.1 Å². The highest BCUT2D eigenvalue weighted by Crippen LogP contribution is 2.17. The molecule has 23 heavy (non-hydrogen) atoms. The Morgan fingerprint density at radius 1 is 1.35 bits per heavy atom. The van der Waals surface area contributed by atoms with Gasteiger partial charge in [-0.05, 0) is 37.6 Å². The molecule has 1 amide bonds. The number of amides is 1. The van der Waals surface area contributed by atoms with Gasteiger partial charge in [0.25, 0.3) is 0 Å². The molecule has 0 radical (unpaired) electrons. The molecular formula is C16H19N5OS. The van der Waals surface area contributed by atoms with Crippen LogP contribution in [0.15, 0.2) is 41.9 Å². The number of nitrogens with zero attached hydrogens (tertiary/aromatic N) is 4. The SMILES string of the molecule is CC(NC(=O)CN(C)Cc1nnc2ccccn12)c1cccs1. The number of fused-ring (bicyclic) bond motifs is 1. The summed E-state index contributed by atoms with van der Waals surface area (Å²) >= 11 is 1.65. The van der Waals surface area contributed by atoms with Crippen molar-refractivity contribution in [2.24, 2.45) is 0 Å². The van der Waals surface area contributed by atoms with Gasteiger partial charge in [-0.2, -0.15) is 0 Å². The minimum Gasteiger partial charge on any atom is -0.348 e. The van der Waals surface area contributed by atoms with Crippen LogP contribution in [-0.4, -0.2) is 39.0 Å². The first-order valence-corrected chi connectivity index (χ1v) is 8.31. The van der Waals surface area contributed by atoms with E-state index in [1.165, 1.54) is 0 Å². The summed E-state index contributed by atoms with van der Waals surface area (Å²) in [6.45, 7) is 2.87. The van der Waals surface area contributed by atoms with E-state index in [1.807, 2.05) is 65.2 Å². The molecule has 0 aliphatic carbocycles. The van der Waals surface area contributed by atoms with E-state index in [2.05, 4.69) is 15.5 Å². The van der Waals surface area contributed by atoms with Crippen molar-refractivity contribution in [1.82, 2.24) is 24.8 Å². The van der Waals surface area contributed by atoms with Gasteiger partial charge in [0.05, 0.1) is 19.1 Å². The third-order valence-corrected chi connectivity index (χ3v) is 4.61. The fraction of sp³-hybridized carbons (Fsp3) is 0.312. The van der Waals surface area contributed by atoms with E-state index in [9.17, 15) is 4.79 Å². The summed E-state index contributed by atoms with van der Waals surface area (Å²) in [6, 6.07) is 9.83. The second-order valence-electron chi connectivity index (χ2n) is 5.52. The third kappa shape index (κ3) is 3.75. The van der Waals surface area contributed by atoms with Crippen LogP contribution < -0.4 is 5.32 Å². The molecule has 0 aliphatic heterocycles. The maximum absolute atomic E-state index is 12.2. The summed E-state index contributed by atoms with van der Waals surface area (Å²) in [5.74, 6) is 0.824. The standard InChI is InChI=1S/C16H19N5OS/c1-12(13-6-5-9-23-13)17-16(22)11-20(2)10-15-19-18-14-7-3-4-8-21(14)15/h3-9,12H,10-11H2,1-2H3,(H,17,22). The summed E-state index contributed by atoms with van der Waals surface area (Å²) < 4.78 is 1.93. The van der Waals surface area contributed by atoms with Crippen LogP contribution in [0, 0.1) is 0 Å². The number of carbonyl (C=O) groups excluding carboxylic acids is 1. The zero-order valence-electron chi connectivity index (χ0n) is 13.1. The lowest BCUT2D eigenvalue weighted by molar-refractivity contribution is -0.122. The molecule has 0 aliphatic rings. The van der Waals surface area contributed by atoms with Crippen LogP contribution in [-0.2, 0) is 11.3 Å². The molecule has 7 heteroatoms. The van der Waals surface area contributed by atoms with Crippen LogP contribution in [0.5, 0.6) is 0 Å². The highest BCUT2D eigenvalue weighted by atomic mass is 32.1. The fourth-order valence-corrected chi connectivity index (χ4v) is 3.17. The van der Waals surface area contributed by atoms with E-state index in [4.69, 9.17) is 0 Å². The summed E-state index contributed by atoms with van der Waals surface area (Å²) in [6.07, 6.45) is 1.93. The summed E-state index contributed by atoms with van der Waals surface area (Å²) in [5, 5.41) is 13.3. The molecular weight excluding hydrogens is 310 g/mol. The predicted octanol–water partition coefficient (Wildman–Crippen LogP) is 2.10. The molecule has 6 nitrogen and oxygen atoms in total. The second-order valence-corrected chi connectivity index (χ2v) is 6.50. The Kier molecular flexibility index (Phi) is 4.68. The number of thiophene rings is 1. The van der Waals surface area contributed by atoms with E-state index in [-0.39, 0.29) is 11.9 Å². The van der Waals surface area contributed by atoms with Gasteiger partial charge in [-0.15, -0.1) is 21.5 Å². The first kappa shape index (κ1) is 15.6. The highest BCUT2D eigenvalue weighted by Gasteiger charge is 2.14. The van der Waals surface area contributed by atoms with Crippen molar-refractivity contribution >= 4 is 22.9 Å². The molecule has 1 atom stereocenters. The highest BCUT2D eigenvalue weighted by molar-refractivity contribution is 7.10. The van der Waals surface area contributed by atoms with Crippen molar-refractivity contribution in [3.63, 3.8) is 0 Å². The number of hydrogen-bond donors (Lipinski definition) is 1. The molecule has 0 aromatic carbocycles. The Bertz CT molecular complexity index is 783. The Hall–Kier alpha value is -2.25.